The van der Waals surface area contributed by atoms with Crippen molar-refractivity contribution in [1.82, 2.24) is 0 Å². The van der Waals surface area contributed by atoms with Crippen LogP contribution in [0.15, 0.2) is 36.4 Å². The summed E-state index contributed by atoms with van der Waals surface area (Å²) in [6.45, 7) is 21.5. The van der Waals surface area contributed by atoms with Gasteiger partial charge in [-0.25, -0.2) is 0 Å². The molecular formula is C28H42FO2P. The van der Waals surface area contributed by atoms with E-state index in [0.717, 1.165) is 24.0 Å². The van der Waals surface area contributed by atoms with Crippen LogP contribution in [0.2, 0.25) is 0 Å². The summed E-state index contributed by atoms with van der Waals surface area (Å²) in [6, 6.07) is 12.2. The van der Waals surface area contributed by atoms with Crippen molar-refractivity contribution in [2.75, 3.05) is 0 Å². The predicted octanol–water partition coefficient (Wildman–Crippen LogP) is 9.96. The Hall–Kier alpha value is -1.60. The summed E-state index contributed by atoms with van der Waals surface area (Å²) in [7, 11) is -2.62. The normalized spacial score (nSPS) is 15.2. The Morgan fingerprint density at radius 3 is 1.34 bits per heavy atom. The van der Waals surface area contributed by atoms with E-state index in [0.29, 0.717) is 23.3 Å². The SMILES string of the molecule is CCC(C)c1ccc(OP(F)Oc2ccc(C(C)CC)cc2C(C)(C)C)c(C(C)(C)C)c1. The second-order valence-electron chi connectivity index (χ2n) is 11.0. The van der Waals surface area contributed by atoms with Crippen molar-refractivity contribution >= 4 is 8.69 Å². The molecule has 0 fully saturated rings. The Kier molecular flexibility index (Phi) is 8.79. The summed E-state index contributed by atoms with van der Waals surface area (Å²) in [5, 5.41) is 0. The Bertz CT molecular complexity index is 822. The molecule has 2 aromatic carbocycles. The first-order valence-electron chi connectivity index (χ1n) is 11.9. The molecule has 4 heteroatoms. The number of hydrogen-bond donors (Lipinski definition) is 0. The second kappa shape index (κ2) is 10.6. The number of halogens is 1. The molecule has 2 aromatic rings. The minimum atomic E-state index is -2.62. The van der Waals surface area contributed by atoms with Gasteiger partial charge in [0, 0.05) is 11.1 Å². The lowest BCUT2D eigenvalue weighted by Gasteiger charge is -2.27. The van der Waals surface area contributed by atoms with Crippen molar-refractivity contribution in [2.24, 2.45) is 0 Å². The van der Waals surface area contributed by atoms with Crippen LogP contribution < -0.4 is 9.05 Å². The molecular weight excluding hydrogens is 418 g/mol. The Balaban J connectivity index is 2.34. The van der Waals surface area contributed by atoms with E-state index < -0.39 is 8.69 Å². The summed E-state index contributed by atoms with van der Waals surface area (Å²) < 4.78 is 26.8. The first kappa shape index (κ1) is 26.7. The zero-order valence-corrected chi connectivity index (χ0v) is 22.6. The third-order valence-electron chi connectivity index (χ3n) is 6.33. The molecule has 2 rings (SSSR count). The molecule has 2 nitrogen and oxygen atoms in total. The first-order valence-corrected chi connectivity index (χ1v) is 12.9. The lowest BCUT2D eigenvalue weighted by molar-refractivity contribution is 0.420. The van der Waals surface area contributed by atoms with Crippen LogP contribution in [0, 0.1) is 0 Å². The molecule has 0 spiro atoms. The zero-order chi connectivity index (χ0) is 24.3. The van der Waals surface area contributed by atoms with E-state index in [9.17, 15) is 0 Å². The monoisotopic (exact) mass is 460 g/mol. The lowest BCUT2D eigenvalue weighted by atomic mass is 9.83. The van der Waals surface area contributed by atoms with Crippen molar-refractivity contribution in [3.8, 4) is 11.5 Å². The molecule has 0 aliphatic carbocycles. The van der Waals surface area contributed by atoms with E-state index in [1.165, 1.54) is 11.1 Å². The fraction of sp³-hybridized carbons (Fsp3) is 0.571. The van der Waals surface area contributed by atoms with Gasteiger partial charge in [0.05, 0.1) is 0 Å². The van der Waals surface area contributed by atoms with E-state index in [4.69, 9.17) is 9.05 Å². The minimum absolute atomic E-state index is 0.163. The highest BCUT2D eigenvalue weighted by Crippen LogP contribution is 2.47. The van der Waals surface area contributed by atoms with Crippen LogP contribution >= 0.6 is 8.69 Å². The van der Waals surface area contributed by atoms with Gasteiger partial charge in [-0.05, 0) is 58.8 Å². The molecule has 0 aliphatic heterocycles. The molecule has 0 radical (unpaired) electrons. The molecule has 0 N–H and O–H groups in total. The van der Waals surface area contributed by atoms with Crippen LogP contribution in [0.5, 0.6) is 11.5 Å². The van der Waals surface area contributed by atoms with Crippen molar-refractivity contribution < 1.29 is 13.2 Å². The van der Waals surface area contributed by atoms with Gasteiger partial charge in [-0.3, -0.25) is 0 Å². The smallest absolute Gasteiger partial charge is 0.414 e. The Morgan fingerprint density at radius 2 is 1.06 bits per heavy atom. The average Bonchev–Trinajstić information content (AvgIpc) is 2.71. The fourth-order valence-corrected chi connectivity index (χ4v) is 4.35. The maximum atomic E-state index is 15.2. The van der Waals surface area contributed by atoms with E-state index in [1.54, 1.807) is 0 Å². The summed E-state index contributed by atoms with van der Waals surface area (Å²) in [4.78, 5) is 0. The number of hydrogen-bond acceptors (Lipinski definition) is 2. The molecule has 0 heterocycles. The highest BCUT2D eigenvalue weighted by Gasteiger charge is 2.27. The van der Waals surface area contributed by atoms with Gasteiger partial charge in [-0.2, -0.15) is 0 Å². The van der Waals surface area contributed by atoms with Gasteiger partial charge < -0.3 is 9.05 Å². The maximum absolute atomic E-state index is 15.2. The van der Waals surface area contributed by atoms with Gasteiger partial charge in [0.25, 0.3) is 0 Å². The second-order valence-corrected chi connectivity index (χ2v) is 11.8. The van der Waals surface area contributed by atoms with Crippen molar-refractivity contribution in [1.29, 1.82) is 0 Å². The van der Waals surface area contributed by atoms with Crippen LogP contribution in [0.25, 0.3) is 0 Å². The van der Waals surface area contributed by atoms with Gasteiger partial charge in [0.15, 0.2) is 0 Å². The van der Waals surface area contributed by atoms with Gasteiger partial charge in [-0.15, -0.1) is 4.20 Å². The van der Waals surface area contributed by atoms with E-state index in [1.807, 2.05) is 24.3 Å². The topological polar surface area (TPSA) is 18.5 Å². The molecule has 0 saturated carbocycles. The summed E-state index contributed by atoms with van der Waals surface area (Å²) >= 11 is 0. The predicted molar refractivity (Wildman–Crippen MR) is 137 cm³/mol. The Labute approximate surface area is 197 Å². The molecule has 0 amide bonds. The lowest BCUT2D eigenvalue weighted by Crippen LogP contribution is -2.15. The molecule has 0 aliphatic rings. The van der Waals surface area contributed by atoms with E-state index in [-0.39, 0.29) is 10.8 Å². The molecule has 0 aromatic heterocycles. The average molecular weight is 461 g/mol. The van der Waals surface area contributed by atoms with Crippen LogP contribution in [-0.4, -0.2) is 0 Å². The van der Waals surface area contributed by atoms with Gasteiger partial charge in [0.2, 0.25) is 0 Å². The third-order valence-corrected chi connectivity index (χ3v) is 7.01. The molecule has 178 valence electrons. The minimum Gasteiger partial charge on any atom is -0.414 e. The van der Waals surface area contributed by atoms with Gasteiger partial charge in [0.1, 0.15) is 11.5 Å². The summed E-state index contributed by atoms with van der Waals surface area (Å²) in [6.07, 6.45) is 2.12. The van der Waals surface area contributed by atoms with Crippen molar-refractivity contribution in [2.45, 2.75) is 105 Å². The third kappa shape index (κ3) is 6.70. The van der Waals surface area contributed by atoms with E-state index >= 15 is 4.20 Å². The molecule has 2 atom stereocenters. The summed E-state index contributed by atoms with van der Waals surface area (Å²) in [5.74, 6) is 2.02. The van der Waals surface area contributed by atoms with Gasteiger partial charge in [-0.1, -0.05) is 93.5 Å². The number of rotatable bonds is 8. The standard InChI is InChI=1S/C28H42FO2P/c1-11-19(3)21-13-15-25(23(17-21)27(5,6)7)30-32(29)31-26-16-14-22(20(4)12-2)18-24(26)28(8,9)10/h13-20H,11-12H2,1-10H3. The molecule has 0 saturated heterocycles. The zero-order valence-electron chi connectivity index (χ0n) is 21.7. The Morgan fingerprint density at radius 1 is 0.719 bits per heavy atom. The maximum Gasteiger partial charge on any atom is 0.505 e. The quantitative estimate of drug-likeness (QED) is 0.365. The van der Waals surface area contributed by atoms with Crippen LogP contribution in [0.4, 0.5) is 4.20 Å². The van der Waals surface area contributed by atoms with Crippen molar-refractivity contribution in [3.63, 3.8) is 0 Å². The summed E-state index contributed by atoms with van der Waals surface area (Å²) in [5.41, 5.74) is 4.20. The van der Waals surface area contributed by atoms with Crippen LogP contribution in [0.1, 0.15) is 116 Å². The largest absolute Gasteiger partial charge is 0.505 e. The molecule has 0 bridgehead atoms. The van der Waals surface area contributed by atoms with E-state index in [2.05, 4.69) is 81.4 Å². The fourth-order valence-electron chi connectivity index (χ4n) is 3.68. The number of benzene rings is 2. The van der Waals surface area contributed by atoms with Crippen LogP contribution in [-0.2, 0) is 10.8 Å². The molecule has 2 unspecified atom stereocenters. The highest BCUT2D eigenvalue weighted by molar-refractivity contribution is 7.42. The first-order chi connectivity index (χ1) is 14.8. The van der Waals surface area contributed by atoms with Gasteiger partial charge >= 0.3 is 8.69 Å². The van der Waals surface area contributed by atoms with Crippen LogP contribution in [0.3, 0.4) is 0 Å². The highest BCUT2D eigenvalue weighted by atomic mass is 31.2. The molecule has 32 heavy (non-hydrogen) atoms. The van der Waals surface area contributed by atoms with Crippen molar-refractivity contribution in [3.05, 3.63) is 58.7 Å².